The van der Waals surface area contributed by atoms with Gasteiger partial charge in [0.05, 0.1) is 22.0 Å². The first-order chi connectivity index (χ1) is 15.0. The van der Waals surface area contributed by atoms with Gasteiger partial charge in [-0.15, -0.1) is 21.5 Å². The smallest absolute Gasteiger partial charge is 0.233 e. The Balaban J connectivity index is 1.29. The molecule has 1 unspecified atom stereocenters. The Labute approximate surface area is 191 Å². The fourth-order valence-electron chi connectivity index (χ4n) is 2.80. The van der Waals surface area contributed by atoms with Crippen LogP contribution in [0.2, 0.25) is 0 Å². The molecule has 0 bridgehead atoms. The van der Waals surface area contributed by atoms with Crippen LogP contribution in [0.25, 0.3) is 10.2 Å². The predicted octanol–water partition coefficient (Wildman–Crippen LogP) is 5.21. The van der Waals surface area contributed by atoms with Crippen molar-refractivity contribution in [3.63, 3.8) is 0 Å². The van der Waals surface area contributed by atoms with E-state index in [4.69, 9.17) is 0 Å². The molecule has 4 rings (SSSR count). The first kappa shape index (κ1) is 21.7. The van der Waals surface area contributed by atoms with Crippen molar-refractivity contribution in [3.8, 4) is 0 Å². The van der Waals surface area contributed by atoms with Gasteiger partial charge in [-0.2, -0.15) is 0 Å². The van der Waals surface area contributed by atoms with Gasteiger partial charge in [-0.25, -0.2) is 9.37 Å². The molecule has 160 valence electrons. The van der Waals surface area contributed by atoms with Gasteiger partial charge < -0.3 is 10.2 Å². The lowest BCUT2D eigenvalue weighted by Crippen LogP contribution is -2.31. The number of anilines is 1. The van der Waals surface area contributed by atoms with E-state index in [0.717, 1.165) is 25.1 Å². The minimum atomic E-state index is -0.259. The summed E-state index contributed by atoms with van der Waals surface area (Å²) in [5.41, 5.74) is 1.91. The van der Waals surface area contributed by atoms with E-state index in [1.165, 1.54) is 35.2 Å². The number of benzene rings is 2. The summed E-state index contributed by atoms with van der Waals surface area (Å²) in [6.07, 6.45) is 0. The molecule has 6 nitrogen and oxygen atoms in total. The maximum Gasteiger partial charge on any atom is 0.233 e. The molecule has 10 heteroatoms. The van der Waals surface area contributed by atoms with Crippen LogP contribution in [0.3, 0.4) is 0 Å². The van der Waals surface area contributed by atoms with Crippen LogP contribution in [0.5, 0.6) is 0 Å². The van der Waals surface area contributed by atoms with Crippen LogP contribution in [-0.4, -0.2) is 38.8 Å². The van der Waals surface area contributed by atoms with Crippen LogP contribution in [0.4, 0.5) is 9.52 Å². The van der Waals surface area contributed by atoms with Gasteiger partial charge >= 0.3 is 0 Å². The molecular weight excluding hydrogens is 453 g/mol. The third-order valence-corrected chi connectivity index (χ3v) is 7.93. The van der Waals surface area contributed by atoms with E-state index >= 15 is 0 Å². The highest BCUT2D eigenvalue weighted by molar-refractivity contribution is 8.01. The molecule has 0 aliphatic rings. The Morgan fingerprint density at radius 1 is 1.16 bits per heavy atom. The number of hydrogen-bond donors (Lipinski definition) is 1. The summed E-state index contributed by atoms with van der Waals surface area (Å²) < 4.78 is 14.8. The van der Waals surface area contributed by atoms with Gasteiger partial charge in [0.2, 0.25) is 11.0 Å². The number of hydrogen-bond acceptors (Lipinski definition) is 8. The van der Waals surface area contributed by atoms with Gasteiger partial charge in [0, 0.05) is 13.6 Å². The van der Waals surface area contributed by atoms with E-state index in [1.54, 1.807) is 35.4 Å². The van der Waals surface area contributed by atoms with Crippen molar-refractivity contribution < 1.29 is 9.18 Å². The summed E-state index contributed by atoms with van der Waals surface area (Å²) in [6.45, 7) is 2.52. The zero-order valence-electron chi connectivity index (χ0n) is 16.9. The quantitative estimate of drug-likeness (QED) is 0.354. The van der Waals surface area contributed by atoms with Crippen LogP contribution in [0, 0.1) is 5.82 Å². The van der Waals surface area contributed by atoms with E-state index in [9.17, 15) is 9.18 Å². The number of thioether (sulfide) groups is 1. The molecule has 0 aliphatic carbocycles. The zero-order valence-corrected chi connectivity index (χ0v) is 19.4. The number of rotatable bonds is 8. The molecule has 0 fully saturated rings. The van der Waals surface area contributed by atoms with E-state index < -0.39 is 0 Å². The number of halogens is 1. The molecule has 2 aromatic carbocycles. The summed E-state index contributed by atoms with van der Waals surface area (Å²) in [4.78, 5) is 19.1. The Bertz CT molecular complexity index is 1140. The summed E-state index contributed by atoms with van der Waals surface area (Å²) in [7, 11) is 1.80. The van der Waals surface area contributed by atoms with Gasteiger partial charge in [0.25, 0.3) is 0 Å². The number of aromatic nitrogens is 3. The number of para-hydroxylation sites is 1. The molecular formula is C21H20FN5OS3. The topological polar surface area (TPSA) is 71.0 Å². The average Bonchev–Trinajstić information content (AvgIpc) is 3.43. The van der Waals surface area contributed by atoms with Crippen molar-refractivity contribution in [2.24, 2.45) is 0 Å². The van der Waals surface area contributed by atoms with Crippen molar-refractivity contribution in [1.29, 1.82) is 0 Å². The van der Waals surface area contributed by atoms with Gasteiger partial charge in [0.15, 0.2) is 4.34 Å². The summed E-state index contributed by atoms with van der Waals surface area (Å²) in [5.74, 6) is 0.0245. The molecule has 31 heavy (non-hydrogen) atoms. The van der Waals surface area contributed by atoms with Crippen LogP contribution in [0.1, 0.15) is 23.5 Å². The molecule has 1 atom stereocenters. The van der Waals surface area contributed by atoms with Crippen LogP contribution in [0.15, 0.2) is 52.9 Å². The first-order valence-corrected chi connectivity index (χ1v) is 12.2. The number of fused-ring (bicyclic) bond motifs is 1. The van der Waals surface area contributed by atoms with Gasteiger partial charge in [-0.05, 0) is 36.8 Å². The van der Waals surface area contributed by atoms with Crippen molar-refractivity contribution in [2.45, 2.75) is 23.8 Å². The molecule has 1 amide bonds. The minimum Gasteiger partial charge on any atom is -0.356 e. The monoisotopic (exact) mass is 473 g/mol. The molecule has 2 aromatic heterocycles. The second-order valence-electron chi connectivity index (χ2n) is 6.84. The van der Waals surface area contributed by atoms with E-state index in [0.29, 0.717) is 11.7 Å². The van der Waals surface area contributed by atoms with Crippen molar-refractivity contribution >= 4 is 55.7 Å². The number of carbonyl (C=O) groups is 1. The van der Waals surface area contributed by atoms with Crippen LogP contribution in [-0.2, 0) is 11.3 Å². The highest BCUT2D eigenvalue weighted by atomic mass is 32.2. The summed E-state index contributed by atoms with van der Waals surface area (Å²) in [5, 5.41) is 13.0. The lowest BCUT2D eigenvalue weighted by molar-refractivity contribution is -0.128. The zero-order chi connectivity index (χ0) is 21.8. The summed E-state index contributed by atoms with van der Waals surface area (Å²) in [6, 6.07) is 14.2. The number of amides is 1. The fourth-order valence-corrected chi connectivity index (χ4v) is 5.53. The Morgan fingerprint density at radius 2 is 1.94 bits per heavy atom. The predicted molar refractivity (Wildman–Crippen MR) is 125 cm³/mol. The van der Waals surface area contributed by atoms with Crippen molar-refractivity contribution in [2.75, 3.05) is 18.1 Å². The minimum absolute atomic E-state index is 0.00720. The maximum atomic E-state index is 13.0. The van der Waals surface area contributed by atoms with E-state index in [1.807, 2.05) is 31.2 Å². The number of nitrogens with one attached hydrogen (secondary N) is 1. The van der Waals surface area contributed by atoms with E-state index in [2.05, 4.69) is 20.5 Å². The highest BCUT2D eigenvalue weighted by Gasteiger charge is 2.21. The first-order valence-electron chi connectivity index (χ1n) is 9.55. The van der Waals surface area contributed by atoms with Gasteiger partial charge in [-0.3, -0.25) is 4.79 Å². The second kappa shape index (κ2) is 9.71. The Hall–Kier alpha value is -2.56. The normalized spacial score (nSPS) is 12.1. The average molecular weight is 474 g/mol. The Morgan fingerprint density at radius 3 is 2.71 bits per heavy atom. The van der Waals surface area contributed by atoms with Crippen molar-refractivity contribution in [3.05, 3.63) is 64.9 Å². The van der Waals surface area contributed by atoms with Crippen molar-refractivity contribution in [1.82, 2.24) is 20.1 Å². The number of thiazole rings is 1. The molecule has 2 heterocycles. The largest absolute Gasteiger partial charge is 0.356 e. The number of carbonyl (C=O) groups excluding carboxylic acids is 1. The fraction of sp³-hybridized carbons (Fsp3) is 0.238. The third kappa shape index (κ3) is 5.38. The lowest BCUT2D eigenvalue weighted by Gasteiger charge is -2.22. The molecule has 0 saturated heterocycles. The lowest BCUT2D eigenvalue weighted by atomic mass is 10.2. The molecule has 0 saturated carbocycles. The second-order valence-corrected chi connectivity index (χ2v) is 10.1. The van der Waals surface area contributed by atoms with Gasteiger partial charge in [0.1, 0.15) is 10.8 Å². The molecule has 0 aliphatic heterocycles. The standard InChI is InChI=1S/C21H20FN5OS3/c1-13(19-24-16-5-3-4-6-17(16)30-19)27(2)18(28)12-29-21-26-25-20(31-21)23-11-14-7-9-15(22)10-8-14/h3-10,13H,11-12H2,1-2H3,(H,23,25). The molecule has 4 aromatic rings. The Kier molecular flexibility index (Phi) is 6.79. The molecule has 1 N–H and O–H groups in total. The third-order valence-electron chi connectivity index (χ3n) is 4.72. The van der Waals surface area contributed by atoms with Crippen LogP contribution < -0.4 is 5.32 Å². The van der Waals surface area contributed by atoms with E-state index in [-0.39, 0.29) is 23.5 Å². The maximum absolute atomic E-state index is 13.0. The van der Waals surface area contributed by atoms with Gasteiger partial charge in [-0.1, -0.05) is 47.4 Å². The SMILES string of the molecule is CC(c1nc2ccccc2s1)N(C)C(=O)CSc1nnc(NCc2ccc(F)cc2)s1. The number of nitrogens with zero attached hydrogens (tertiary/aromatic N) is 4. The van der Waals surface area contributed by atoms with Crippen LogP contribution >= 0.6 is 34.4 Å². The molecule has 0 radical (unpaired) electrons. The highest BCUT2D eigenvalue weighted by Crippen LogP contribution is 2.30. The summed E-state index contributed by atoms with van der Waals surface area (Å²) >= 11 is 4.37. The molecule has 0 spiro atoms.